The molecule has 0 spiro atoms. The van der Waals surface area contributed by atoms with E-state index in [9.17, 15) is 4.79 Å². The highest BCUT2D eigenvalue weighted by molar-refractivity contribution is 5.67. The van der Waals surface area contributed by atoms with Gasteiger partial charge >= 0.3 is 5.97 Å². The van der Waals surface area contributed by atoms with E-state index in [2.05, 4.69) is 0 Å². The molecule has 2 aliphatic rings. The van der Waals surface area contributed by atoms with Crippen LogP contribution in [0.4, 0.5) is 0 Å². The number of carboxylic acids is 1. The smallest absolute Gasteiger partial charge is 0.303 e. The summed E-state index contributed by atoms with van der Waals surface area (Å²) in [5.41, 5.74) is 5.78. The van der Waals surface area contributed by atoms with E-state index >= 15 is 0 Å². The lowest BCUT2D eigenvalue weighted by Crippen LogP contribution is -2.40. The summed E-state index contributed by atoms with van der Waals surface area (Å²) in [4.78, 5) is 11.0. The summed E-state index contributed by atoms with van der Waals surface area (Å²) in [6.07, 6.45) is 10.3. The predicted octanol–water partition coefficient (Wildman–Crippen LogP) is 2.79. The third kappa shape index (κ3) is 3.01. The maximum atomic E-state index is 11.0. The monoisotopic (exact) mass is 239 g/mol. The molecule has 3 nitrogen and oxygen atoms in total. The van der Waals surface area contributed by atoms with Gasteiger partial charge in [0.15, 0.2) is 0 Å². The van der Waals surface area contributed by atoms with Gasteiger partial charge in [0.05, 0.1) is 6.42 Å². The standard InChI is InChI=1S/C14H25NO2/c15-10-14(9-13(16)17)7-6-11-4-2-1-3-5-12(11)8-14/h11-12H,1-10,15H2,(H,16,17)/t11-,12-,14-/m1/s1. The molecule has 3 heteroatoms. The third-order valence-electron chi connectivity index (χ3n) is 5.02. The molecule has 0 saturated heterocycles. The fourth-order valence-corrected chi connectivity index (χ4v) is 4.00. The van der Waals surface area contributed by atoms with E-state index < -0.39 is 5.97 Å². The minimum Gasteiger partial charge on any atom is -0.481 e. The molecule has 0 aromatic heterocycles. The number of fused-ring (bicyclic) bond motifs is 1. The number of carbonyl (C=O) groups is 1. The maximum absolute atomic E-state index is 11.0. The van der Waals surface area contributed by atoms with Crippen LogP contribution in [-0.2, 0) is 4.79 Å². The molecule has 0 aromatic carbocycles. The molecular formula is C14H25NO2. The maximum Gasteiger partial charge on any atom is 0.303 e. The molecular weight excluding hydrogens is 214 g/mol. The van der Waals surface area contributed by atoms with Crippen LogP contribution in [0.1, 0.15) is 57.8 Å². The fourth-order valence-electron chi connectivity index (χ4n) is 4.00. The van der Waals surface area contributed by atoms with Crippen LogP contribution in [0.25, 0.3) is 0 Å². The van der Waals surface area contributed by atoms with Gasteiger partial charge in [0.2, 0.25) is 0 Å². The van der Waals surface area contributed by atoms with Crippen LogP contribution < -0.4 is 5.73 Å². The number of rotatable bonds is 3. The van der Waals surface area contributed by atoms with E-state index in [0.717, 1.165) is 24.7 Å². The van der Waals surface area contributed by atoms with Crippen LogP contribution >= 0.6 is 0 Å². The number of hydrogen-bond acceptors (Lipinski definition) is 2. The zero-order valence-electron chi connectivity index (χ0n) is 10.7. The molecule has 0 heterocycles. The van der Waals surface area contributed by atoms with Gasteiger partial charge in [-0.1, -0.05) is 32.1 Å². The summed E-state index contributed by atoms with van der Waals surface area (Å²) in [5.74, 6) is 0.919. The summed E-state index contributed by atoms with van der Waals surface area (Å²) in [6, 6.07) is 0. The minimum absolute atomic E-state index is 0.0999. The molecule has 98 valence electrons. The highest BCUT2D eigenvalue weighted by atomic mass is 16.4. The van der Waals surface area contributed by atoms with Gasteiger partial charge in [-0.05, 0) is 43.1 Å². The van der Waals surface area contributed by atoms with Crippen molar-refractivity contribution in [2.75, 3.05) is 6.54 Å². The highest BCUT2D eigenvalue weighted by Gasteiger charge is 2.41. The molecule has 3 atom stereocenters. The average molecular weight is 239 g/mol. The van der Waals surface area contributed by atoms with Gasteiger partial charge in [-0.2, -0.15) is 0 Å². The third-order valence-corrected chi connectivity index (χ3v) is 5.02. The Labute approximate surface area is 104 Å². The molecule has 2 aliphatic carbocycles. The second kappa shape index (κ2) is 5.38. The molecule has 0 bridgehead atoms. The SMILES string of the molecule is NC[C@]1(CC(=O)O)CC[C@H]2CCCCC[C@@H]2C1. The summed E-state index contributed by atoms with van der Waals surface area (Å²) >= 11 is 0. The van der Waals surface area contributed by atoms with Gasteiger partial charge in [-0.3, -0.25) is 4.79 Å². The number of aliphatic carboxylic acids is 1. The van der Waals surface area contributed by atoms with Crippen LogP contribution in [0.15, 0.2) is 0 Å². The van der Waals surface area contributed by atoms with Crippen LogP contribution in [0.2, 0.25) is 0 Å². The molecule has 17 heavy (non-hydrogen) atoms. The first-order chi connectivity index (χ1) is 8.15. The Kier molecular flexibility index (Phi) is 4.08. The summed E-state index contributed by atoms with van der Waals surface area (Å²) < 4.78 is 0. The lowest BCUT2D eigenvalue weighted by atomic mass is 9.62. The topological polar surface area (TPSA) is 63.3 Å². The van der Waals surface area contributed by atoms with Crippen molar-refractivity contribution in [2.24, 2.45) is 23.0 Å². The normalized spacial score (nSPS) is 38.2. The zero-order valence-corrected chi connectivity index (χ0v) is 10.7. The van der Waals surface area contributed by atoms with Crippen molar-refractivity contribution in [1.82, 2.24) is 0 Å². The Morgan fingerprint density at radius 2 is 1.88 bits per heavy atom. The van der Waals surface area contributed by atoms with E-state index in [1.807, 2.05) is 0 Å². The Hall–Kier alpha value is -0.570. The van der Waals surface area contributed by atoms with E-state index in [1.165, 1.54) is 38.5 Å². The van der Waals surface area contributed by atoms with E-state index in [0.29, 0.717) is 6.54 Å². The van der Waals surface area contributed by atoms with Gasteiger partial charge in [0.1, 0.15) is 0 Å². The van der Waals surface area contributed by atoms with Gasteiger partial charge in [-0.25, -0.2) is 0 Å². The van der Waals surface area contributed by atoms with Crippen molar-refractivity contribution in [3.05, 3.63) is 0 Å². The number of nitrogens with two attached hydrogens (primary N) is 1. The second-order valence-electron chi connectivity index (χ2n) is 6.18. The van der Waals surface area contributed by atoms with Crippen LogP contribution in [0, 0.1) is 17.3 Å². The molecule has 2 fully saturated rings. The molecule has 3 N–H and O–H groups in total. The van der Waals surface area contributed by atoms with Crippen molar-refractivity contribution in [1.29, 1.82) is 0 Å². The van der Waals surface area contributed by atoms with Gasteiger partial charge in [0, 0.05) is 0 Å². The molecule has 0 aromatic rings. The van der Waals surface area contributed by atoms with E-state index in [1.54, 1.807) is 0 Å². The Balaban J connectivity index is 2.04. The van der Waals surface area contributed by atoms with E-state index in [-0.39, 0.29) is 11.8 Å². The first-order valence-electron chi connectivity index (χ1n) is 7.07. The second-order valence-corrected chi connectivity index (χ2v) is 6.18. The molecule has 0 aliphatic heterocycles. The zero-order chi connectivity index (χ0) is 12.3. The van der Waals surface area contributed by atoms with Gasteiger partial charge in [0.25, 0.3) is 0 Å². The summed E-state index contributed by atoms with van der Waals surface area (Å²) in [5, 5.41) is 9.06. The van der Waals surface area contributed by atoms with Crippen molar-refractivity contribution in [2.45, 2.75) is 57.8 Å². The lowest BCUT2D eigenvalue weighted by Gasteiger charge is -2.43. The lowest BCUT2D eigenvalue weighted by molar-refractivity contribution is -0.140. The predicted molar refractivity (Wildman–Crippen MR) is 67.7 cm³/mol. The fraction of sp³-hybridized carbons (Fsp3) is 0.929. The molecule has 0 amide bonds. The summed E-state index contributed by atoms with van der Waals surface area (Å²) in [7, 11) is 0. The highest BCUT2D eigenvalue weighted by Crippen LogP contribution is 2.48. The number of carboxylic acid groups (broad SMARTS) is 1. The van der Waals surface area contributed by atoms with Crippen LogP contribution in [0.3, 0.4) is 0 Å². The molecule has 0 radical (unpaired) electrons. The minimum atomic E-state index is -0.678. The average Bonchev–Trinajstić information content (AvgIpc) is 2.52. The van der Waals surface area contributed by atoms with Gasteiger partial charge < -0.3 is 10.8 Å². The summed E-state index contributed by atoms with van der Waals surface area (Å²) in [6.45, 7) is 0.544. The first-order valence-corrected chi connectivity index (χ1v) is 7.07. The quantitative estimate of drug-likeness (QED) is 0.796. The molecule has 0 unspecified atom stereocenters. The van der Waals surface area contributed by atoms with Crippen LogP contribution in [-0.4, -0.2) is 17.6 Å². The van der Waals surface area contributed by atoms with Crippen LogP contribution in [0.5, 0.6) is 0 Å². The largest absolute Gasteiger partial charge is 0.481 e. The molecule has 2 rings (SSSR count). The molecule has 2 saturated carbocycles. The Morgan fingerprint density at radius 1 is 1.18 bits per heavy atom. The van der Waals surface area contributed by atoms with Gasteiger partial charge in [-0.15, -0.1) is 0 Å². The van der Waals surface area contributed by atoms with E-state index in [4.69, 9.17) is 10.8 Å². The Bertz CT molecular complexity index is 279. The Morgan fingerprint density at radius 3 is 2.53 bits per heavy atom. The van der Waals surface area contributed by atoms with Crippen molar-refractivity contribution < 1.29 is 9.90 Å². The van der Waals surface area contributed by atoms with Crippen molar-refractivity contribution >= 4 is 5.97 Å². The van der Waals surface area contributed by atoms with Crippen molar-refractivity contribution in [3.8, 4) is 0 Å². The van der Waals surface area contributed by atoms with Crippen molar-refractivity contribution in [3.63, 3.8) is 0 Å². The number of hydrogen-bond donors (Lipinski definition) is 2. The first kappa shape index (κ1) is 12.9.